The van der Waals surface area contributed by atoms with E-state index in [1.165, 1.54) is 32.4 Å². The first-order chi connectivity index (χ1) is 8.45. The van der Waals surface area contributed by atoms with Crippen LogP contribution in [0.1, 0.15) is 47.0 Å². The van der Waals surface area contributed by atoms with Crippen molar-refractivity contribution in [3.05, 3.63) is 0 Å². The van der Waals surface area contributed by atoms with Crippen LogP contribution in [-0.2, 0) is 4.74 Å². The Labute approximate surface area is 112 Å². The molecule has 0 aromatic heterocycles. The molecule has 18 heavy (non-hydrogen) atoms. The van der Waals surface area contributed by atoms with Gasteiger partial charge in [-0.15, -0.1) is 0 Å². The van der Waals surface area contributed by atoms with E-state index in [9.17, 15) is 0 Å². The minimum absolute atomic E-state index is 0.296. The molecule has 1 saturated heterocycles. The smallest absolute Gasteiger partial charge is 0.0652 e. The third-order valence-electron chi connectivity index (χ3n) is 5.16. The van der Waals surface area contributed by atoms with Gasteiger partial charge >= 0.3 is 0 Å². The lowest BCUT2D eigenvalue weighted by molar-refractivity contribution is -0.102. The van der Waals surface area contributed by atoms with Crippen LogP contribution in [0.5, 0.6) is 0 Å². The van der Waals surface area contributed by atoms with Crippen molar-refractivity contribution in [2.45, 2.75) is 71.2 Å². The number of piperidine rings is 1. The van der Waals surface area contributed by atoms with Crippen LogP contribution in [0.2, 0.25) is 0 Å². The molecule has 1 aliphatic carbocycles. The van der Waals surface area contributed by atoms with Crippen molar-refractivity contribution in [2.75, 3.05) is 20.2 Å². The summed E-state index contributed by atoms with van der Waals surface area (Å²) in [5, 5.41) is 3.86. The summed E-state index contributed by atoms with van der Waals surface area (Å²) >= 11 is 0. The Balaban J connectivity index is 1.76. The number of likely N-dealkylation sites (tertiary alicyclic amines) is 1. The van der Waals surface area contributed by atoms with Gasteiger partial charge in [-0.25, -0.2) is 0 Å². The van der Waals surface area contributed by atoms with Gasteiger partial charge in [-0.1, -0.05) is 13.8 Å². The SMILES string of the molecule is COC1CC(NC2CCN(C(C)C)CC2)C1(C)C. The van der Waals surface area contributed by atoms with E-state index >= 15 is 0 Å². The van der Waals surface area contributed by atoms with E-state index in [1.54, 1.807) is 0 Å². The van der Waals surface area contributed by atoms with E-state index in [1.807, 2.05) is 7.11 Å². The van der Waals surface area contributed by atoms with Crippen molar-refractivity contribution in [3.63, 3.8) is 0 Å². The number of hydrogen-bond donors (Lipinski definition) is 1. The molecule has 3 nitrogen and oxygen atoms in total. The van der Waals surface area contributed by atoms with Gasteiger partial charge in [0, 0.05) is 30.7 Å². The van der Waals surface area contributed by atoms with Gasteiger partial charge in [0.15, 0.2) is 0 Å². The summed E-state index contributed by atoms with van der Waals surface area (Å²) in [6.07, 6.45) is 4.20. The van der Waals surface area contributed by atoms with Gasteiger partial charge in [0.2, 0.25) is 0 Å². The lowest BCUT2D eigenvalue weighted by Gasteiger charge is -2.53. The number of ether oxygens (including phenoxy) is 1. The topological polar surface area (TPSA) is 24.5 Å². The highest BCUT2D eigenvalue weighted by Crippen LogP contribution is 2.42. The fourth-order valence-electron chi connectivity index (χ4n) is 3.44. The molecule has 2 unspecified atom stereocenters. The number of rotatable bonds is 4. The molecule has 0 aromatic rings. The standard InChI is InChI=1S/C15H30N2O/c1-11(2)17-8-6-12(7-9-17)16-13-10-14(18-5)15(13,3)4/h11-14,16H,6-10H2,1-5H3. The summed E-state index contributed by atoms with van der Waals surface area (Å²) in [6, 6.07) is 2.05. The summed E-state index contributed by atoms with van der Waals surface area (Å²) in [7, 11) is 1.84. The maximum Gasteiger partial charge on any atom is 0.0652 e. The van der Waals surface area contributed by atoms with Crippen LogP contribution < -0.4 is 5.32 Å². The third kappa shape index (κ3) is 2.73. The van der Waals surface area contributed by atoms with Crippen LogP contribution in [0.15, 0.2) is 0 Å². The van der Waals surface area contributed by atoms with E-state index < -0.39 is 0 Å². The van der Waals surface area contributed by atoms with Crippen LogP contribution in [-0.4, -0.2) is 49.3 Å². The molecule has 1 saturated carbocycles. The summed E-state index contributed by atoms with van der Waals surface area (Å²) in [4.78, 5) is 2.59. The van der Waals surface area contributed by atoms with Crippen LogP contribution in [0.4, 0.5) is 0 Å². The first kappa shape index (κ1) is 14.3. The molecule has 3 heteroatoms. The van der Waals surface area contributed by atoms with Gasteiger partial charge in [-0.3, -0.25) is 0 Å². The molecule has 0 amide bonds. The molecule has 1 heterocycles. The second-order valence-electron chi connectivity index (χ2n) is 6.90. The normalized spacial score (nSPS) is 33.7. The molecule has 0 radical (unpaired) electrons. The predicted molar refractivity (Wildman–Crippen MR) is 75.8 cm³/mol. The second-order valence-corrected chi connectivity index (χ2v) is 6.90. The third-order valence-corrected chi connectivity index (χ3v) is 5.16. The van der Waals surface area contributed by atoms with Crippen molar-refractivity contribution in [3.8, 4) is 0 Å². The maximum atomic E-state index is 5.52. The van der Waals surface area contributed by atoms with E-state index in [2.05, 4.69) is 37.9 Å². The van der Waals surface area contributed by atoms with Gasteiger partial charge < -0.3 is 15.0 Å². The van der Waals surface area contributed by atoms with Crippen molar-refractivity contribution >= 4 is 0 Å². The number of nitrogens with zero attached hydrogens (tertiary/aromatic N) is 1. The second kappa shape index (κ2) is 5.48. The number of methoxy groups -OCH3 is 1. The van der Waals surface area contributed by atoms with Gasteiger partial charge in [-0.05, 0) is 46.2 Å². The molecule has 2 atom stereocenters. The van der Waals surface area contributed by atoms with Gasteiger partial charge in [0.05, 0.1) is 6.10 Å². The molecular formula is C15H30N2O. The first-order valence-electron chi connectivity index (χ1n) is 7.48. The van der Waals surface area contributed by atoms with Crippen LogP contribution in [0.3, 0.4) is 0 Å². The van der Waals surface area contributed by atoms with Gasteiger partial charge in [0.1, 0.15) is 0 Å². The zero-order valence-corrected chi connectivity index (χ0v) is 12.7. The summed E-state index contributed by atoms with van der Waals surface area (Å²) in [5.41, 5.74) is 0.296. The van der Waals surface area contributed by atoms with Crippen LogP contribution in [0.25, 0.3) is 0 Å². The Hall–Kier alpha value is -0.120. The molecule has 2 fully saturated rings. The van der Waals surface area contributed by atoms with E-state index in [4.69, 9.17) is 4.74 Å². The fraction of sp³-hybridized carbons (Fsp3) is 1.00. The minimum atomic E-state index is 0.296. The Kier molecular flexibility index (Phi) is 4.35. The fourth-order valence-corrected chi connectivity index (χ4v) is 3.44. The van der Waals surface area contributed by atoms with Gasteiger partial charge in [0.25, 0.3) is 0 Å². The lowest BCUT2D eigenvalue weighted by Crippen LogP contribution is -2.63. The average Bonchev–Trinajstić information content (AvgIpc) is 2.34. The highest BCUT2D eigenvalue weighted by Gasteiger charge is 2.49. The molecular weight excluding hydrogens is 224 g/mol. The predicted octanol–water partition coefficient (Wildman–Crippen LogP) is 2.26. The van der Waals surface area contributed by atoms with Crippen LogP contribution in [0, 0.1) is 5.41 Å². The van der Waals surface area contributed by atoms with E-state index in [-0.39, 0.29) is 0 Å². The monoisotopic (exact) mass is 254 g/mol. The van der Waals surface area contributed by atoms with Crippen molar-refractivity contribution in [1.29, 1.82) is 0 Å². The zero-order chi connectivity index (χ0) is 13.3. The summed E-state index contributed by atoms with van der Waals surface area (Å²) < 4.78 is 5.52. The number of nitrogens with one attached hydrogen (secondary N) is 1. The van der Waals surface area contributed by atoms with E-state index in [0.29, 0.717) is 29.6 Å². The highest BCUT2D eigenvalue weighted by atomic mass is 16.5. The molecule has 0 aromatic carbocycles. The average molecular weight is 254 g/mol. The molecule has 106 valence electrons. The minimum Gasteiger partial charge on any atom is -0.381 e. The highest BCUT2D eigenvalue weighted by molar-refractivity contribution is 5.03. The van der Waals surface area contributed by atoms with Crippen molar-refractivity contribution in [1.82, 2.24) is 10.2 Å². The Morgan fingerprint density at radius 2 is 1.83 bits per heavy atom. The quantitative estimate of drug-likeness (QED) is 0.833. The van der Waals surface area contributed by atoms with Crippen molar-refractivity contribution in [2.24, 2.45) is 5.41 Å². The first-order valence-corrected chi connectivity index (χ1v) is 7.48. The maximum absolute atomic E-state index is 5.52. The van der Waals surface area contributed by atoms with Crippen LogP contribution >= 0.6 is 0 Å². The zero-order valence-electron chi connectivity index (χ0n) is 12.7. The Morgan fingerprint density at radius 1 is 1.22 bits per heavy atom. The number of hydrogen-bond acceptors (Lipinski definition) is 3. The largest absolute Gasteiger partial charge is 0.381 e. The van der Waals surface area contributed by atoms with Crippen molar-refractivity contribution < 1.29 is 4.74 Å². The molecule has 1 aliphatic heterocycles. The van der Waals surface area contributed by atoms with E-state index in [0.717, 1.165) is 0 Å². The summed E-state index contributed by atoms with van der Waals surface area (Å²) in [6.45, 7) is 11.7. The Bertz CT molecular complexity index is 270. The molecule has 0 spiro atoms. The molecule has 2 rings (SSSR count). The molecule has 1 N–H and O–H groups in total. The Morgan fingerprint density at radius 3 is 2.28 bits per heavy atom. The lowest BCUT2D eigenvalue weighted by atomic mass is 9.64. The van der Waals surface area contributed by atoms with Gasteiger partial charge in [-0.2, -0.15) is 0 Å². The summed E-state index contributed by atoms with van der Waals surface area (Å²) in [5.74, 6) is 0. The molecule has 2 aliphatic rings. The molecule has 0 bridgehead atoms.